The zero-order chi connectivity index (χ0) is 19.8. The Morgan fingerprint density at radius 2 is 2.21 bits per heavy atom. The van der Waals surface area contributed by atoms with E-state index in [-0.39, 0.29) is 12.0 Å². The van der Waals surface area contributed by atoms with Crippen LogP contribution in [0.1, 0.15) is 42.2 Å². The predicted octanol–water partition coefficient (Wildman–Crippen LogP) is 4.42. The first-order valence-electron chi connectivity index (χ1n) is 9.78. The highest BCUT2D eigenvalue weighted by Gasteiger charge is 2.25. The zero-order valence-corrected chi connectivity index (χ0v) is 17.0. The van der Waals surface area contributed by atoms with Crippen molar-refractivity contribution in [2.75, 3.05) is 0 Å². The van der Waals surface area contributed by atoms with E-state index in [9.17, 15) is 9.59 Å². The summed E-state index contributed by atoms with van der Waals surface area (Å²) in [5, 5.41) is 9.75. The minimum Gasteiger partial charge on any atom is -0.481 e. The van der Waals surface area contributed by atoms with Gasteiger partial charge in [-0.05, 0) is 50.2 Å². The summed E-state index contributed by atoms with van der Waals surface area (Å²) >= 11 is 1.65. The Balaban J connectivity index is 1.90. The predicted molar refractivity (Wildman–Crippen MR) is 112 cm³/mol. The van der Waals surface area contributed by atoms with Crippen LogP contribution in [0.3, 0.4) is 0 Å². The lowest BCUT2D eigenvalue weighted by molar-refractivity contribution is -0.137. The molecule has 1 N–H and O–H groups in total. The van der Waals surface area contributed by atoms with Crippen LogP contribution in [0.15, 0.2) is 29.1 Å². The van der Waals surface area contributed by atoms with Crippen LogP contribution < -0.4 is 5.56 Å². The highest BCUT2D eigenvalue weighted by molar-refractivity contribution is 7.18. The van der Waals surface area contributed by atoms with E-state index in [1.165, 1.54) is 10.4 Å². The SMILES string of the molecule is Cc1cccc(-c2nc3sc4c(c3c(=O)n2CCCC(=O)O)CCC(C)C4)c1. The molecule has 4 rings (SSSR count). The minimum atomic E-state index is -0.846. The summed E-state index contributed by atoms with van der Waals surface area (Å²) in [6, 6.07) is 7.96. The van der Waals surface area contributed by atoms with Crippen molar-refractivity contribution >= 4 is 27.5 Å². The van der Waals surface area contributed by atoms with Crippen molar-refractivity contribution in [2.45, 2.75) is 52.5 Å². The zero-order valence-electron chi connectivity index (χ0n) is 16.2. The molecule has 2 aromatic heterocycles. The van der Waals surface area contributed by atoms with Crippen molar-refractivity contribution in [3.63, 3.8) is 0 Å². The van der Waals surface area contributed by atoms with Crippen LogP contribution in [-0.4, -0.2) is 20.6 Å². The summed E-state index contributed by atoms with van der Waals surface area (Å²) in [5.74, 6) is 0.425. The maximum absolute atomic E-state index is 13.5. The molecule has 6 heteroatoms. The highest BCUT2D eigenvalue weighted by atomic mass is 32.1. The van der Waals surface area contributed by atoms with Crippen LogP contribution in [-0.2, 0) is 24.2 Å². The first kappa shape index (κ1) is 18.9. The normalized spacial score (nSPS) is 16.3. The van der Waals surface area contributed by atoms with E-state index >= 15 is 0 Å². The Hall–Kier alpha value is -2.47. The lowest BCUT2D eigenvalue weighted by Gasteiger charge is -2.18. The number of hydrogen-bond acceptors (Lipinski definition) is 4. The van der Waals surface area contributed by atoms with Gasteiger partial charge < -0.3 is 5.11 Å². The lowest BCUT2D eigenvalue weighted by atomic mass is 9.89. The molecule has 0 spiro atoms. The molecule has 2 heterocycles. The summed E-state index contributed by atoms with van der Waals surface area (Å²) in [7, 11) is 0. The van der Waals surface area contributed by atoms with Crippen molar-refractivity contribution in [1.29, 1.82) is 0 Å². The highest BCUT2D eigenvalue weighted by Crippen LogP contribution is 2.36. The fourth-order valence-electron chi connectivity index (χ4n) is 4.02. The Morgan fingerprint density at radius 1 is 1.39 bits per heavy atom. The van der Waals surface area contributed by atoms with Crippen molar-refractivity contribution in [3.8, 4) is 11.4 Å². The Morgan fingerprint density at radius 3 is 2.96 bits per heavy atom. The molecule has 1 atom stereocenters. The summed E-state index contributed by atoms with van der Waals surface area (Å²) in [6.45, 7) is 4.63. The molecule has 3 aromatic rings. The van der Waals surface area contributed by atoms with Gasteiger partial charge in [0.05, 0.1) is 5.39 Å². The second-order valence-corrected chi connectivity index (χ2v) is 8.87. The number of carbonyl (C=O) groups is 1. The van der Waals surface area contributed by atoms with Crippen LogP contribution >= 0.6 is 11.3 Å². The quantitative estimate of drug-likeness (QED) is 0.693. The Bertz CT molecular complexity index is 1110. The van der Waals surface area contributed by atoms with Gasteiger partial charge in [-0.1, -0.05) is 30.7 Å². The number of carboxylic acid groups (broad SMARTS) is 1. The van der Waals surface area contributed by atoms with Gasteiger partial charge in [-0.3, -0.25) is 14.2 Å². The van der Waals surface area contributed by atoms with Crippen LogP contribution in [0.4, 0.5) is 0 Å². The fourth-order valence-corrected chi connectivity index (χ4v) is 5.40. The number of fused-ring (bicyclic) bond motifs is 3. The van der Waals surface area contributed by atoms with Crippen LogP contribution in [0.2, 0.25) is 0 Å². The molecule has 1 aliphatic carbocycles. The first-order valence-corrected chi connectivity index (χ1v) is 10.6. The van der Waals surface area contributed by atoms with Crippen LogP contribution in [0, 0.1) is 12.8 Å². The van der Waals surface area contributed by atoms with Gasteiger partial charge in [0.1, 0.15) is 10.7 Å². The van der Waals surface area contributed by atoms with Crippen LogP contribution in [0.25, 0.3) is 21.6 Å². The fraction of sp³-hybridized carbons (Fsp3) is 0.409. The molecule has 28 heavy (non-hydrogen) atoms. The minimum absolute atomic E-state index is 0.0288. The Labute approximate surface area is 167 Å². The molecule has 5 nitrogen and oxygen atoms in total. The van der Waals surface area contributed by atoms with Gasteiger partial charge in [0.15, 0.2) is 0 Å². The Kier molecular flexibility index (Phi) is 5.06. The average molecular weight is 397 g/mol. The van der Waals surface area contributed by atoms with Gasteiger partial charge in [-0.15, -0.1) is 11.3 Å². The number of carboxylic acids is 1. The van der Waals surface area contributed by atoms with Crippen molar-refractivity contribution in [3.05, 3.63) is 50.6 Å². The monoisotopic (exact) mass is 396 g/mol. The van der Waals surface area contributed by atoms with Gasteiger partial charge in [-0.25, -0.2) is 4.98 Å². The number of benzene rings is 1. The molecule has 1 aliphatic rings. The van der Waals surface area contributed by atoms with E-state index in [4.69, 9.17) is 10.1 Å². The molecule has 1 unspecified atom stereocenters. The number of rotatable bonds is 5. The van der Waals surface area contributed by atoms with E-state index in [0.717, 1.165) is 40.6 Å². The van der Waals surface area contributed by atoms with E-state index in [0.29, 0.717) is 24.7 Å². The summed E-state index contributed by atoms with van der Waals surface area (Å²) in [5.41, 5.74) is 3.13. The second-order valence-electron chi connectivity index (χ2n) is 7.79. The van der Waals surface area contributed by atoms with Gasteiger partial charge in [0.25, 0.3) is 5.56 Å². The number of aryl methyl sites for hydroxylation is 2. The molecule has 0 radical (unpaired) electrons. The standard InChI is InChI=1S/C22H24N2O3S/c1-13-5-3-6-15(11-13)20-23-21-19(16-9-8-14(2)12-17(16)28-21)22(27)24(20)10-4-7-18(25)26/h3,5-6,11,14H,4,7-10,12H2,1-2H3,(H,25,26). The smallest absolute Gasteiger partial charge is 0.303 e. The molecule has 0 saturated carbocycles. The van der Waals surface area contributed by atoms with E-state index < -0.39 is 5.97 Å². The molecule has 0 bridgehead atoms. The van der Waals surface area contributed by atoms with E-state index in [1.807, 2.05) is 31.2 Å². The lowest BCUT2D eigenvalue weighted by Crippen LogP contribution is -2.24. The molecule has 0 aliphatic heterocycles. The van der Waals surface area contributed by atoms with Crippen LogP contribution in [0.5, 0.6) is 0 Å². The summed E-state index contributed by atoms with van der Waals surface area (Å²) < 4.78 is 1.69. The molecule has 146 valence electrons. The maximum atomic E-state index is 13.5. The molecule has 1 aromatic carbocycles. The third-order valence-corrected chi connectivity index (χ3v) is 6.61. The third kappa shape index (κ3) is 3.49. The number of hydrogen-bond donors (Lipinski definition) is 1. The summed E-state index contributed by atoms with van der Waals surface area (Å²) in [6.07, 6.45) is 3.47. The first-order chi connectivity index (χ1) is 13.4. The second kappa shape index (κ2) is 7.51. The number of thiophene rings is 1. The number of nitrogens with zero attached hydrogens (tertiary/aromatic N) is 2. The van der Waals surface area contributed by atoms with Gasteiger partial charge in [0.2, 0.25) is 0 Å². The summed E-state index contributed by atoms with van der Waals surface area (Å²) in [4.78, 5) is 31.5. The maximum Gasteiger partial charge on any atom is 0.303 e. The van der Waals surface area contributed by atoms with Gasteiger partial charge >= 0.3 is 5.97 Å². The van der Waals surface area contributed by atoms with Gasteiger partial charge in [0, 0.05) is 23.4 Å². The molecular weight excluding hydrogens is 372 g/mol. The number of aromatic nitrogens is 2. The van der Waals surface area contributed by atoms with E-state index in [2.05, 4.69) is 6.92 Å². The van der Waals surface area contributed by atoms with Gasteiger partial charge in [-0.2, -0.15) is 0 Å². The topological polar surface area (TPSA) is 72.2 Å². The molecule has 0 fully saturated rings. The molecule has 0 saturated heterocycles. The van der Waals surface area contributed by atoms with Crippen molar-refractivity contribution < 1.29 is 9.90 Å². The largest absolute Gasteiger partial charge is 0.481 e. The average Bonchev–Trinajstić information content (AvgIpc) is 3.00. The number of aliphatic carboxylic acids is 1. The molecular formula is C22H24N2O3S. The van der Waals surface area contributed by atoms with E-state index in [1.54, 1.807) is 15.9 Å². The van der Waals surface area contributed by atoms with Crippen molar-refractivity contribution in [2.24, 2.45) is 5.92 Å². The molecule has 0 amide bonds. The van der Waals surface area contributed by atoms with Crippen molar-refractivity contribution in [1.82, 2.24) is 9.55 Å². The third-order valence-electron chi connectivity index (χ3n) is 5.46.